The monoisotopic (exact) mass is 353 g/mol. The third-order valence-electron chi connectivity index (χ3n) is 3.48. The van der Waals surface area contributed by atoms with Gasteiger partial charge in [-0.25, -0.2) is 4.39 Å². The Hall–Kier alpha value is -2.77. The quantitative estimate of drug-likeness (QED) is 0.832. The van der Waals surface area contributed by atoms with Crippen LogP contribution in [0.3, 0.4) is 0 Å². The van der Waals surface area contributed by atoms with Gasteiger partial charge < -0.3 is 10.1 Å². The fourth-order valence-corrected chi connectivity index (χ4v) is 2.18. The van der Waals surface area contributed by atoms with E-state index in [4.69, 9.17) is 4.74 Å². The molecule has 134 valence electrons. The third-order valence-corrected chi connectivity index (χ3v) is 3.48. The fourth-order valence-electron chi connectivity index (χ4n) is 2.18. The van der Waals surface area contributed by atoms with Crippen LogP contribution in [0.4, 0.5) is 13.2 Å². The lowest BCUT2D eigenvalue weighted by molar-refractivity contribution is 0.0941. The number of carbonyl (C=O) groups excluding carboxylic acids is 1. The predicted molar refractivity (Wildman–Crippen MR) is 86.0 cm³/mol. The lowest BCUT2D eigenvalue weighted by Gasteiger charge is -2.10. The van der Waals surface area contributed by atoms with E-state index in [1.165, 1.54) is 22.9 Å². The summed E-state index contributed by atoms with van der Waals surface area (Å²) in [6, 6.07) is 6.01. The largest absolute Gasteiger partial charge is 0.486 e. The molecular formula is C17H18F3N3O2. The van der Waals surface area contributed by atoms with Crippen molar-refractivity contribution >= 4 is 5.91 Å². The van der Waals surface area contributed by atoms with Gasteiger partial charge >= 0.3 is 0 Å². The number of benzene rings is 1. The Morgan fingerprint density at radius 3 is 2.80 bits per heavy atom. The Labute approximate surface area is 143 Å². The number of halogens is 3. The van der Waals surface area contributed by atoms with E-state index in [9.17, 15) is 18.0 Å². The van der Waals surface area contributed by atoms with Crippen molar-refractivity contribution in [1.82, 2.24) is 15.1 Å². The molecule has 2 aromatic rings. The molecule has 0 saturated heterocycles. The minimum atomic E-state index is -1.90. The van der Waals surface area contributed by atoms with Gasteiger partial charge in [0.2, 0.25) is 0 Å². The van der Waals surface area contributed by atoms with E-state index in [0.29, 0.717) is 18.2 Å². The number of ether oxygens (including phenoxy) is 1. The molecule has 0 radical (unpaired) electrons. The first-order valence-corrected chi connectivity index (χ1v) is 7.64. The van der Waals surface area contributed by atoms with Crippen LogP contribution in [-0.2, 0) is 20.0 Å². The van der Waals surface area contributed by atoms with Crippen LogP contribution in [0, 0.1) is 5.82 Å². The van der Waals surface area contributed by atoms with Crippen molar-refractivity contribution in [3.05, 3.63) is 59.2 Å². The number of rotatable bonds is 7. The second-order valence-corrected chi connectivity index (χ2v) is 5.21. The average molecular weight is 353 g/mol. The Morgan fingerprint density at radius 1 is 1.40 bits per heavy atom. The molecule has 0 fully saturated rings. The van der Waals surface area contributed by atoms with Crippen LogP contribution in [0.25, 0.3) is 0 Å². The second kappa shape index (κ2) is 8.36. The molecule has 8 heteroatoms. The summed E-state index contributed by atoms with van der Waals surface area (Å²) in [5.74, 6) is -1.24. The first kappa shape index (κ1) is 18.6. The van der Waals surface area contributed by atoms with Crippen LogP contribution >= 0.6 is 0 Å². The number of aromatic nitrogens is 2. The van der Waals surface area contributed by atoms with Gasteiger partial charge in [0.25, 0.3) is 12.0 Å². The summed E-state index contributed by atoms with van der Waals surface area (Å²) in [7, 11) is 1.65. The van der Waals surface area contributed by atoms with Crippen LogP contribution in [-0.4, -0.2) is 22.3 Å². The van der Waals surface area contributed by atoms with Gasteiger partial charge in [-0.2, -0.15) is 13.9 Å². The Bertz CT molecular complexity index is 783. The molecule has 0 spiro atoms. The molecule has 0 aliphatic rings. The molecule has 5 nitrogen and oxygen atoms in total. The minimum absolute atomic E-state index is 0.0676. The molecule has 0 unspecified atom stereocenters. The molecule has 1 N–H and O–H groups in total. The number of nitrogens with one attached hydrogen (secondary N) is 1. The van der Waals surface area contributed by atoms with Gasteiger partial charge in [0, 0.05) is 25.2 Å². The first-order chi connectivity index (χ1) is 11.9. The van der Waals surface area contributed by atoms with Crippen molar-refractivity contribution < 1.29 is 22.7 Å². The predicted octanol–water partition coefficient (Wildman–Crippen LogP) is 3.21. The molecule has 0 aliphatic carbocycles. The number of hydrogen-bond acceptors (Lipinski definition) is 3. The summed E-state index contributed by atoms with van der Waals surface area (Å²) < 4.78 is 44.7. The zero-order valence-electron chi connectivity index (χ0n) is 13.9. The summed E-state index contributed by atoms with van der Waals surface area (Å²) >= 11 is 0. The highest BCUT2D eigenvalue weighted by molar-refractivity contribution is 5.92. The minimum Gasteiger partial charge on any atom is -0.486 e. The van der Waals surface area contributed by atoms with E-state index in [0.717, 1.165) is 5.69 Å². The Kier molecular flexibility index (Phi) is 6.21. The van der Waals surface area contributed by atoms with Crippen molar-refractivity contribution in [1.29, 1.82) is 0 Å². The van der Waals surface area contributed by atoms with E-state index in [-0.39, 0.29) is 23.8 Å². The first-order valence-electron chi connectivity index (χ1n) is 7.64. The SMILES string of the molecule is CCc1cc(C(=O)NCc2cccc(OCC=C(F)F)c2F)n(C)n1. The topological polar surface area (TPSA) is 56.1 Å². The zero-order chi connectivity index (χ0) is 18.4. The second-order valence-electron chi connectivity index (χ2n) is 5.21. The van der Waals surface area contributed by atoms with E-state index >= 15 is 0 Å². The van der Waals surface area contributed by atoms with E-state index in [2.05, 4.69) is 10.4 Å². The number of hydrogen-bond donors (Lipinski definition) is 1. The molecule has 25 heavy (non-hydrogen) atoms. The maximum Gasteiger partial charge on any atom is 0.269 e. The van der Waals surface area contributed by atoms with Gasteiger partial charge in [-0.3, -0.25) is 9.48 Å². The maximum atomic E-state index is 14.3. The standard InChI is InChI=1S/C17H18F3N3O2/c1-3-12-9-13(23(2)22-12)17(24)21-10-11-5-4-6-14(16(11)20)25-8-7-15(18)19/h4-7,9H,3,8,10H2,1-2H3,(H,21,24). The van der Waals surface area contributed by atoms with Gasteiger partial charge in [0.1, 0.15) is 12.3 Å². The van der Waals surface area contributed by atoms with Crippen LogP contribution in [0.15, 0.2) is 36.4 Å². The van der Waals surface area contributed by atoms with Crippen LogP contribution in [0.2, 0.25) is 0 Å². The summed E-state index contributed by atoms with van der Waals surface area (Å²) in [6.07, 6.45) is -0.656. The third kappa shape index (κ3) is 4.85. The lowest BCUT2D eigenvalue weighted by Crippen LogP contribution is -2.25. The van der Waals surface area contributed by atoms with Gasteiger partial charge in [-0.15, -0.1) is 0 Å². The fraction of sp³-hybridized carbons (Fsp3) is 0.294. The van der Waals surface area contributed by atoms with Crippen LogP contribution in [0.5, 0.6) is 5.75 Å². The van der Waals surface area contributed by atoms with Crippen molar-refractivity contribution in [3.63, 3.8) is 0 Å². The smallest absolute Gasteiger partial charge is 0.269 e. The van der Waals surface area contributed by atoms with Crippen molar-refractivity contribution in [2.24, 2.45) is 7.05 Å². The lowest BCUT2D eigenvalue weighted by atomic mass is 10.2. The van der Waals surface area contributed by atoms with Gasteiger partial charge in [0.15, 0.2) is 11.6 Å². The molecule has 1 aromatic carbocycles. The highest BCUT2D eigenvalue weighted by Gasteiger charge is 2.14. The molecule has 1 amide bonds. The Morgan fingerprint density at radius 2 is 2.16 bits per heavy atom. The maximum absolute atomic E-state index is 14.3. The number of carbonyl (C=O) groups is 1. The molecule has 1 aromatic heterocycles. The molecule has 0 atom stereocenters. The Balaban J connectivity index is 2.03. The van der Waals surface area contributed by atoms with Gasteiger partial charge in [-0.1, -0.05) is 19.1 Å². The molecule has 0 bridgehead atoms. The van der Waals surface area contributed by atoms with E-state index in [1.54, 1.807) is 13.1 Å². The zero-order valence-corrected chi connectivity index (χ0v) is 13.9. The number of amides is 1. The van der Waals surface area contributed by atoms with Crippen molar-refractivity contribution in [2.75, 3.05) is 6.61 Å². The molecule has 0 aliphatic heterocycles. The average Bonchev–Trinajstić information content (AvgIpc) is 2.96. The highest BCUT2D eigenvalue weighted by Crippen LogP contribution is 2.20. The highest BCUT2D eigenvalue weighted by atomic mass is 19.3. The molecule has 0 saturated carbocycles. The summed E-state index contributed by atoms with van der Waals surface area (Å²) in [6.45, 7) is 1.42. The van der Waals surface area contributed by atoms with Crippen molar-refractivity contribution in [3.8, 4) is 5.75 Å². The van der Waals surface area contributed by atoms with Gasteiger partial charge in [-0.05, 0) is 18.6 Å². The van der Waals surface area contributed by atoms with Gasteiger partial charge in [0.05, 0.1) is 5.69 Å². The summed E-state index contributed by atoms with van der Waals surface area (Å²) in [5.41, 5.74) is 1.34. The van der Waals surface area contributed by atoms with E-state index in [1.807, 2.05) is 6.92 Å². The molecule has 1 heterocycles. The molecular weight excluding hydrogens is 335 g/mol. The van der Waals surface area contributed by atoms with E-state index < -0.39 is 18.5 Å². The van der Waals surface area contributed by atoms with Crippen molar-refractivity contribution in [2.45, 2.75) is 19.9 Å². The summed E-state index contributed by atoms with van der Waals surface area (Å²) in [4.78, 5) is 12.2. The summed E-state index contributed by atoms with van der Waals surface area (Å²) in [5, 5.41) is 6.79. The normalized spacial score (nSPS) is 10.4. The van der Waals surface area contributed by atoms with Crippen LogP contribution < -0.4 is 10.1 Å². The number of aryl methyl sites for hydroxylation is 2. The molecule has 2 rings (SSSR count). The number of nitrogens with zero attached hydrogens (tertiary/aromatic N) is 2. The van der Waals surface area contributed by atoms with Crippen LogP contribution in [0.1, 0.15) is 28.7 Å².